The van der Waals surface area contributed by atoms with E-state index >= 15 is 0 Å². The zero-order chi connectivity index (χ0) is 15.3. The van der Waals surface area contributed by atoms with Gasteiger partial charge in [-0.2, -0.15) is 0 Å². The maximum absolute atomic E-state index is 13.0. The second kappa shape index (κ2) is 6.74. The molecule has 2 nitrogen and oxygen atoms in total. The average Bonchev–Trinajstić information content (AvgIpc) is 2.66. The van der Waals surface area contributed by atoms with Gasteiger partial charge in [-0.3, -0.25) is 0 Å². The lowest BCUT2D eigenvalue weighted by Crippen LogP contribution is -2.16. The zero-order valence-electron chi connectivity index (χ0n) is 11.2. The molecule has 1 aromatic heterocycles. The molecule has 6 heteroatoms. The summed E-state index contributed by atoms with van der Waals surface area (Å²) in [6, 6.07) is 8.50. The molecule has 1 aromatic carbocycles. The maximum Gasteiger partial charge on any atom is 0.600 e. The Balaban J connectivity index is 0.000000444. The van der Waals surface area contributed by atoms with Gasteiger partial charge in [-0.1, -0.05) is 19.1 Å². The molecule has 0 aliphatic heterocycles. The van der Waals surface area contributed by atoms with Crippen molar-refractivity contribution in [3.05, 3.63) is 35.2 Å². The molecule has 0 aliphatic rings. The highest BCUT2D eigenvalue weighted by Crippen LogP contribution is 2.50. The van der Waals surface area contributed by atoms with Gasteiger partial charge >= 0.3 is 5.51 Å². The van der Waals surface area contributed by atoms with E-state index in [4.69, 9.17) is 9.90 Å². The van der Waals surface area contributed by atoms with E-state index in [1.807, 2.05) is 6.92 Å². The molecule has 2 rings (SSSR count). The van der Waals surface area contributed by atoms with Crippen LogP contribution in [-0.4, -0.2) is 5.97 Å². The second-order valence-corrected chi connectivity index (χ2v) is 6.18. The summed E-state index contributed by atoms with van der Waals surface area (Å²) in [5.74, 6) is -1.08. The van der Waals surface area contributed by atoms with Crippen LogP contribution in [0.25, 0.3) is 10.1 Å². The zero-order valence-corrected chi connectivity index (χ0v) is 12.0. The fraction of sp³-hybridized carbons (Fsp3) is 0.357. The van der Waals surface area contributed by atoms with Gasteiger partial charge in [-0.05, 0) is 25.5 Å². The van der Waals surface area contributed by atoms with Crippen LogP contribution < -0.4 is 5.11 Å². The van der Waals surface area contributed by atoms with Gasteiger partial charge in [0, 0.05) is 23.8 Å². The number of hydrogen-bond donors (Lipinski definition) is 0. The number of aryl methyl sites for hydroxylation is 1. The molecule has 0 N–H and O–H groups in total. The molecule has 1 heterocycles. The van der Waals surface area contributed by atoms with E-state index in [9.17, 15) is 13.2 Å². The van der Waals surface area contributed by atoms with Crippen LogP contribution in [0, 0.1) is 0 Å². The maximum atomic E-state index is 13.0. The van der Waals surface area contributed by atoms with Crippen molar-refractivity contribution in [3.8, 4) is 0 Å². The first-order chi connectivity index (χ1) is 9.27. The Morgan fingerprint density at radius 1 is 1.30 bits per heavy atom. The van der Waals surface area contributed by atoms with Gasteiger partial charge in [0.15, 0.2) is 9.58 Å². The van der Waals surface area contributed by atoms with Gasteiger partial charge < -0.3 is 9.90 Å². The first-order valence-electron chi connectivity index (χ1n) is 6.05. The van der Waals surface area contributed by atoms with Crippen molar-refractivity contribution in [2.24, 2.45) is 0 Å². The molecule has 0 aliphatic carbocycles. The van der Waals surface area contributed by atoms with Crippen molar-refractivity contribution in [3.63, 3.8) is 0 Å². The third-order valence-corrected chi connectivity index (χ3v) is 4.57. The molecule has 0 fully saturated rings. The van der Waals surface area contributed by atoms with E-state index < -0.39 is 21.9 Å². The largest absolute Gasteiger partial charge is 0.600 e. The first kappa shape index (κ1) is 16.5. The lowest BCUT2D eigenvalue weighted by atomic mass is 10.2. The van der Waals surface area contributed by atoms with Crippen LogP contribution in [0.2, 0.25) is 0 Å². The van der Waals surface area contributed by atoms with E-state index in [0.717, 1.165) is 18.7 Å². The van der Waals surface area contributed by atoms with Crippen LogP contribution in [0.15, 0.2) is 30.3 Å². The Bertz CT molecular complexity index is 584. The molecular weight excluding hydrogens is 289 g/mol. The van der Waals surface area contributed by atoms with Gasteiger partial charge in [0.1, 0.15) is 0 Å². The molecule has 0 saturated heterocycles. The SMILES string of the molecule is CC(=O)[O-].CCCc1cc2ccccc2[s+]1C(F)(F)F. The van der Waals surface area contributed by atoms with Crippen LogP contribution in [0.4, 0.5) is 13.2 Å². The Kier molecular flexibility index (Phi) is 5.56. The number of hydrogen-bond acceptors (Lipinski definition) is 2. The van der Waals surface area contributed by atoms with Crippen molar-refractivity contribution in [2.45, 2.75) is 32.2 Å². The number of carbonyl (C=O) groups is 1. The molecule has 20 heavy (non-hydrogen) atoms. The molecule has 110 valence electrons. The van der Waals surface area contributed by atoms with Gasteiger partial charge in [0.2, 0.25) is 0 Å². The summed E-state index contributed by atoms with van der Waals surface area (Å²) in [7, 11) is -1.70. The van der Waals surface area contributed by atoms with Crippen molar-refractivity contribution in [1.29, 1.82) is 0 Å². The fourth-order valence-corrected chi connectivity index (χ4v) is 3.91. The first-order valence-corrected chi connectivity index (χ1v) is 7.28. The quantitative estimate of drug-likeness (QED) is 0.792. The van der Waals surface area contributed by atoms with E-state index in [0.29, 0.717) is 16.0 Å². The van der Waals surface area contributed by atoms with Crippen molar-refractivity contribution < 1.29 is 23.1 Å². The minimum absolute atomic E-state index is 0.429. The summed E-state index contributed by atoms with van der Waals surface area (Å²) in [4.78, 5) is 9.41. The van der Waals surface area contributed by atoms with E-state index in [2.05, 4.69) is 0 Å². The Morgan fingerprint density at radius 2 is 1.85 bits per heavy atom. The smallest absolute Gasteiger partial charge is 0.550 e. The van der Waals surface area contributed by atoms with E-state index in [-0.39, 0.29) is 0 Å². The predicted octanol–water partition coefficient (Wildman–Crippen LogP) is 3.77. The number of carbonyl (C=O) groups excluding carboxylic acids is 1. The molecule has 0 bridgehead atoms. The molecule has 0 amide bonds. The number of thiophene rings is 1. The third-order valence-electron chi connectivity index (χ3n) is 2.45. The third kappa shape index (κ3) is 4.23. The number of aliphatic carboxylic acids is 1. The van der Waals surface area contributed by atoms with E-state index in [1.165, 1.54) is 0 Å². The van der Waals surface area contributed by atoms with Crippen LogP contribution in [0.1, 0.15) is 25.1 Å². The molecule has 0 spiro atoms. The summed E-state index contributed by atoms with van der Waals surface area (Å²) in [5, 5.41) is 9.62. The molecule has 0 saturated carbocycles. The van der Waals surface area contributed by atoms with Crippen LogP contribution in [0.5, 0.6) is 0 Å². The number of benzene rings is 1. The molecule has 0 radical (unpaired) electrons. The average molecular weight is 304 g/mol. The number of halogens is 3. The lowest BCUT2D eigenvalue weighted by molar-refractivity contribution is -0.302. The number of rotatable bonds is 2. The summed E-state index contributed by atoms with van der Waals surface area (Å²) in [6.45, 7) is 2.88. The number of alkyl halides is 3. The predicted molar refractivity (Wildman–Crippen MR) is 72.4 cm³/mol. The Morgan fingerprint density at radius 3 is 2.35 bits per heavy atom. The van der Waals surface area contributed by atoms with Gasteiger partial charge in [0.25, 0.3) is 0 Å². The van der Waals surface area contributed by atoms with Gasteiger partial charge in [-0.25, -0.2) is 0 Å². The fourth-order valence-electron chi connectivity index (χ4n) is 1.85. The lowest BCUT2D eigenvalue weighted by Gasteiger charge is -1.98. The Labute approximate surface area is 117 Å². The topological polar surface area (TPSA) is 40.1 Å². The Hall–Kier alpha value is -1.56. The monoisotopic (exact) mass is 304 g/mol. The van der Waals surface area contributed by atoms with Gasteiger partial charge in [-0.15, -0.1) is 13.2 Å². The standard InChI is InChI=1S/C12H12F3S.C2H4O2/c1-2-5-10-8-9-6-3-4-7-11(9)16(10)12(13,14)15;1-2(3)4/h3-4,6-8H,2,5H2,1H3;1H3,(H,3,4)/q+1;/p-1. The number of fused-ring (bicyclic) bond motifs is 1. The van der Waals surface area contributed by atoms with Gasteiger partial charge in [0.05, 0.1) is 10.5 Å². The number of carboxylic acids is 1. The van der Waals surface area contributed by atoms with E-state index in [1.54, 1.807) is 30.3 Å². The molecule has 1 unspecified atom stereocenters. The van der Waals surface area contributed by atoms with Crippen molar-refractivity contribution >= 4 is 26.5 Å². The van der Waals surface area contributed by atoms with Crippen molar-refractivity contribution in [1.82, 2.24) is 0 Å². The highest BCUT2D eigenvalue weighted by Gasteiger charge is 2.47. The second-order valence-electron chi connectivity index (χ2n) is 4.14. The van der Waals surface area contributed by atoms with Crippen LogP contribution in [0.3, 0.4) is 0 Å². The summed E-state index contributed by atoms with van der Waals surface area (Å²) in [6.07, 6.45) is 1.27. The highest BCUT2D eigenvalue weighted by atomic mass is 32.2. The van der Waals surface area contributed by atoms with Crippen LogP contribution in [-0.2, 0) is 16.7 Å². The number of carboxylic acid groups (broad SMARTS) is 1. The summed E-state index contributed by atoms with van der Waals surface area (Å²) >= 11 is 0. The highest BCUT2D eigenvalue weighted by molar-refractivity contribution is 7.38. The summed E-state index contributed by atoms with van der Waals surface area (Å²) in [5.41, 5.74) is -4.15. The normalized spacial score (nSPS) is 11.9. The molecular formula is C14H15F3O2S. The molecule has 2 aromatic rings. The van der Waals surface area contributed by atoms with Crippen molar-refractivity contribution in [2.75, 3.05) is 0 Å². The summed E-state index contributed by atoms with van der Waals surface area (Å²) < 4.78 is 39.4. The minimum Gasteiger partial charge on any atom is -0.550 e. The van der Waals surface area contributed by atoms with Crippen LogP contribution >= 0.6 is 10.5 Å². The molecule has 1 atom stereocenters. The minimum atomic E-state index is -4.15.